The minimum atomic E-state index is -1.22. The first kappa shape index (κ1) is 22.6. The van der Waals surface area contributed by atoms with Gasteiger partial charge in [0.25, 0.3) is 0 Å². The average molecular weight is 526 g/mol. The standard InChI is InChI=1S/C27H19Cl3N2O3/c28-15-9-11-16(12-10-15)31-21(33)13-14-32-24(34)22-23(25(32)35)27(30)18-6-2-1-5-17(18)26(22,29)19-7-3-4-8-20(19)27/h1-12,22-23H,13-14H2,(H,31,33)/t22-,23-,26?,27?/m0/s1. The topological polar surface area (TPSA) is 66.5 Å². The molecule has 1 heterocycles. The maximum absolute atomic E-state index is 13.7. The van der Waals surface area contributed by atoms with Crippen LogP contribution in [0.2, 0.25) is 5.02 Å². The van der Waals surface area contributed by atoms with Crippen molar-refractivity contribution in [3.05, 3.63) is 100 Å². The number of anilines is 1. The smallest absolute Gasteiger partial charge is 0.235 e. The summed E-state index contributed by atoms with van der Waals surface area (Å²) in [7, 11) is 0. The molecule has 3 amide bonds. The third kappa shape index (κ3) is 2.98. The summed E-state index contributed by atoms with van der Waals surface area (Å²) in [6.07, 6.45) is -0.0516. The first-order valence-electron chi connectivity index (χ1n) is 11.3. The zero-order valence-electron chi connectivity index (χ0n) is 18.3. The highest BCUT2D eigenvalue weighted by atomic mass is 35.5. The van der Waals surface area contributed by atoms with Gasteiger partial charge in [-0.2, -0.15) is 0 Å². The molecule has 0 spiro atoms. The van der Waals surface area contributed by atoms with Crippen molar-refractivity contribution in [2.24, 2.45) is 11.8 Å². The van der Waals surface area contributed by atoms with Gasteiger partial charge in [0.15, 0.2) is 0 Å². The molecule has 1 fully saturated rings. The number of rotatable bonds is 4. The molecule has 5 nitrogen and oxygen atoms in total. The number of nitrogens with zero attached hydrogens (tertiary/aromatic N) is 1. The molecule has 3 aromatic rings. The first-order valence-corrected chi connectivity index (χ1v) is 12.4. The zero-order valence-corrected chi connectivity index (χ0v) is 20.6. The minimum absolute atomic E-state index is 0.0516. The van der Waals surface area contributed by atoms with E-state index in [0.29, 0.717) is 10.7 Å². The van der Waals surface area contributed by atoms with Crippen LogP contribution in [0.15, 0.2) is 72.8 Å². The van der Waals surface area contributed by atoms with Crippen LogP contribution in [-0.2, 0) is 24.1 Å². The normalized spacial score (nSPS) is 27.9. The molecule has 176 valence electrons. The van der Waals surface area contributed by atoms with E-state index in [2.05, 4.69) is 5.32 Å². The molecule has 2 atom stereocenters. The molecule has 2 bridgehead atoms. The predicted octanol–water partition coefficient (Wildman–Crippen LogP) is 5.26. The number of alkyl halides is 2. The molecule has 1 saturated heterocycles. The summed E-state index contributed by atoms with van der Waals surface area (Å²) in [6, 6.07) is 21.7. The highest BCUT2D eigenvalue weighted by Gasteiger charge is 2.72. The third-order valence-electron chi connectivity index (χ3n) is 7.37. The highest BCUT2D eigenvalue weighted by Crippen LogP contribution is 2.69. The lowest BCUT2D eigenvalue weighted by atomic mass is 9.54. The monoisotopic (exact) mass is 524 g/mol. The van der Waals surface area contributed by atoms with Crippen LogP contribution in [-0.4, -0.2) is 29.2 Å². The summed E-state index contributed by atoms with van der Waals surface area (Å²) in [5.41, 5.74) is 3.58. The van der Waals surface area contributed by atoms with Crippen molar-refractivity contribution in [1.29, 1.82) is 0 Å². The lowest BCUT2D eigenvalue weighted by Crippen LogP contribution is -2.57. The Balaban J connectivity index is 1.34. The van der Waals surface area contributed by atoms with Crippen LogP contribution in [0, 0.1) is 11.8 Å². The summed E-state index contributed by atoms with van der Waals surface area (Å²) >= 11 is 20.7. The molecule has 7 rings (SSSR count). The fraction of sp³-hybridized carbons (Fsp3) is 0.222. The van der Waals surface area contributed by atoms with Gasteiger partial charge in [-0.1, -0.05) is 60.1 Å². The van der Waals surface area contributed by atoms with E-state index in [-0.39, 0.29) is 18.9 Å². The maximum atomic E-state index is 13.7. The second kappa shape index (κ2) is 7.82. The van der Waals surface area contributed by atoms with Crippen molar-refractivity contribution in [1.82, 2.24) is 4.90 Å². The Labute approximate surface area is 217 Å². The van der Waals surface area contributed by atoms with E-state index >= 15 is 0 Å². The van der Waals surface area contributed by atoms with Crippen molar-refractivity contribution in [3.63, 3.8) is 0 Å². The second-order valence-electron chi connectivity index (χ2n) is 9.10. The number of carbonyl (C=O) groups is 3. The molecule has 0 radical (unpaired) electrons. The van der Waals surface area contributed by atoms with E-state index in [0.717, 1.165) is 27.2 Å². The fourth-order valence-electron chi connectivity index (χ4n) is 5.92. The highest BCUT2D eigenvalue weighted by molar-refractivity contribution is 6.36. The predicted molar refractivity (Wildman–Crippen MR) is 135 cm³/mol. The van der Waals surface area contributed by atoms with Gasteiger partial charge in [0.2, 0.25) is 17.7 Å². The van der Waals surface area contributed by atoms with Gasteiger partial charge in [0.05, 0.1) is 11.8 Å². The van der Waals surface area contributed by atoms with Crippen molar-refractivity contribution in [2.75, 3.05) is 11.9 Å². The summed E-state index contributed by atoms with van der Waals surface area (Å²) in [6.45, 7) is -0.0588. The van der Waals surface area contributed by atoms with Crippen molar-refractivity contribution >= 4 is 58.2 Å². The summed E-state index contributed by atoms with van der Waals surface area (Å²) in [5.74, 6) is -2.85. The molecule has 3 aromatic carbocycles. The van der Waals surface area contributed by atoms with Gasteiger partial charge >= 0.3 is 0 Å². The molecule has 3 aliphatic carbocycles. The SMILES string of the molecule is O=C(CCN1C(=O)[C@@H]2[C@@H](C1=O)C1(Cl)c3ccccc3C2(Cl)c2ccccc21)Nc1ccc(Cl)cc1. The number of imide groups is 1. The lowest BCUT2D eigenvalue weighted by molar-refractivity contribution is -0.140. The van der Waals surface area contributed by atoms with Gasteiger partial charge in [-0.3, -0.25) is 19.3 Å². The largest absolute Gasteiger partial charge is 0.326 e. The molecule has 0 aromatic heterocycles. The Morgan fingerprint density at radius 2 is 1.20 bits per heavy atom. The fourth-order valence-corrected chi connectivity index (χ4v) is 7.14. The van der Waals surface area contributed by atoms with Crippen LogP contribution in [0.25, 0.3) is 0 Å². The molecule has 0 unspecified atom stereocenters. The minimum Gasteiger partial charge on any atom is -0.326 e. The number of halogens is 3. The van der Waals surface area contributed by atoms with Gasteiger partial charge in [0.1, 0.15) is 9.75 Å². The van der Waals surface area contributed by atoms with E-state index in [9.17, 15) is 14.4 Å². The van der Waals surface area contributed by atoms with Crippen LogP contribution in [0.5, 0.6) is 0 Å². The summed E-state index contributed by atoms with van der Waals surface area (Å²) in [4.78, 5) is 38.7. The van der Waals surface area contributed by atoms with Crippen molar-refractivity contribution in [2.45, 2.75) is 16.2 Å². The number of carbonyl (C=O) groups excluding carboxylic acids is 3. The van der Waals surface area contributed by atoms with Crippen LogP contribution >= 0.6 is 34.8 Å². The quantitative estimate of drug-likeness (QED) is 0.373. The van der Waals surface area contributed by atoms with E-state index in [1.807, 2.05) is 48.5 Å². The van der Waals surface area contributed by atoms with Gasteiger partial charge in [-0.05, 0) is 46.5 Å². The van der Waals surface area contributed by atoms with Gasteiger partial charge in [-0.25, -0.2) is 0 Å². The van der Waals surface area contributed by atoms with E-state index in [4.69, 9.17) is 34.8 Å². The maximum Gasteiger partial charge on any atom is 0.235 e. The summed E-state index contributed by atoms with van der Waals surface area (Å²) < 4.78 is 0. The number of amides is 3. The molecule has 4 aliphatic rings. The van der Waals surface area contributed by atoms with Gasteiger partial charge in [0, 0.05) is 23.7 Å². The number of hydrogen-bond acceptors (Lipinski definition) is 3. The van der Waals surface area contributed by atoms with E-state index in [1.54, 1.807) is 24.3 Å². The van der Waals surface area contributed by atoms with E-state index in [1.165, 1.54) is 0 Å². The van der Waals surface area contributed by atoms with Crippen LogP contribution in [0.4, 0.5) is 5.69 Å². The van der Waals surface area contributed by atoms with E-state index < -0.39 is 33.4 Å². The Hall–Kier alpha value is -2.86. The average Bonchev–Trinajstić information content (AvgIpc) is 3.13. The Morgan fingerprint density at radius 3 is 1.63 bits per heavy atom. The number of benzene rings is 3. The Bertz CT molecular complexity index is 1280. The number of hydrogen-bond donors (Lipinski definition) is 1. The van der Waals surface area contributed by atoms with Gasteiger partial charge in [-0.15, -0.1) is 23.2 Å². The Kier molecular flexibility index (Phi) is 5.05. The third-order valence-corrected chi connectivity index (χ3v) is 8.90. The lowest BCUT2D eigenvalue weighted by Gasteiger charge is -2.54. The van der Waals surface area contributed by atoms with Crippen molar-refractivity contribution < 1.29 is 14.4 Å². The molecule has 8 heteroatoms. The summed E-state index contributed by atoms with van der Waals surface area (Å²) in [5, 5.41) is 3.32. The Morgan fingerprint density at radius 1 is 0.771 bits per heavy atom. The molecule has 0 saturated carbocycles. The van der Waals surface area contributed by atoms with Gasteiger partial charge < -0.3 is 5.32 Å². The van der Waals surface area contributed by atoms with Crippen LogP contribution in [0.1, 0.15) is 28.7 Å². The van der Waals surface area contributed by atoms with Crippen LogP contribution < -0.4 is 5.32 Å². The molecular weight excluding hydrogens is 507 g/mol. The second-order valence-corrected chi connectivity index (χ2v) is 10.7. The van der Waals surface area contributed by atoms with Crippen molar-refractivity contribution in [3.8, 4) is 0 Å². The molecule has 1 N–H and O–H groups in total. The number of likely N-dealkylation sites (tertiary alicyclic amines) is 1. The number of nitrogens with one attached hydrogen (secondary N) is 1. The molecule has 35 heavy (non-hydrogen) atoms. The molecule has 1 aliphatic heterocycles. The molecular formula is C27H19Cl3N2O3. The zero-order chi connectivity index (χ0) is 24.5. The van der Waals surface area contributed by atoms with Crippen LogP contribution in [0.3, 0.4) is 0 Å². The first-order chi connectivity index (χ1) is 16.8.